The number of benzene rings is 6. The molecule has 0 saturated carbocycles. The summed E-state index contributed by atoms with van der Waals surface area (Å²) < 4.78 is 6.56. The highest BCUT2D eigenvalue weighted by Crippen LogP contribution is 2.49. The van der Waals surface area contributed by atoms with Crippen molar-refractivity contribution >= 4 is 32.6 Å². The molecule has 1 aliphatic rings. The van der Waals surface area contributed by atoms with Crippen molar-refractivity contribution in [2.45, 2.75) is 0 Å². The van der Waals surface area contributed by atoms with Gasteiger partial charge in [0.1, 0.15) is 11.5 Å². The molecule has 0 saturated heterocycles. The molecule has 0 unspecified atom stereocenters. The predicted molar refractivity (Wildman–Crippen MR) is 176 cm³/mol. The number of rotatable bonds is 3. The lowest BCUT2D eigenvalue weighted by molar-refractivity contribution is 0.487. The first-order valence-electron chi connectivity index (χ1n) is 14.5. The number of ether oxygens (including phenoxy) is 1. The maximum absolute atomic E-state index is 6.56. The Balaban J connectivity index is 1.16. The van der Waals surface area contributed by atoms with E-state index in [2.05, 4.69) is 132 Å². The number of hydrogen-bond donors (Lipinski definition) is 0. The van der Waals surface area contributed by atoms with E-state index in [9.17, 15) is 0 Å². The van der Waals surface area contributed by atoms with Gasteiger partial charge in [-0.25, -0.2) is 4.98 Å². The molecule has 0 bridgehead atoms. The molecule has 6 aromatic carbocycles. The third-order valence-corrected chi connectivity index (χ3v) is 8.50. The van der Waals surface area contributed by atoms with E-state index in [4.69, 9.17) is 9.72 Å². The monoisotopic (exact) mass is 548 g/mol. The lowest BCUT2D eigenvalue weighted by atomic mass is 9.89. The number of pyridine rings is 2. The Kier molecular flexibility index (Phi) is 5.20. The van der Waals surface area contributed by atoms with Gasteiger partial charge in [-0.3, -0.25) is 4.98 Å². The number of hydrogen-bond acceptors (Lipinski definition) is 3. The third-order valence-electron chi connectivity index (χ3n) is 8.50. The molecule has 0 N–H and O–H groups in total. The second-order valence-electron chi connectivity index (χ2n) is 11.0. The molecule has 3 nitrogen and oxygen atoms in total. The van der Waals surface area contributed by atoms with Crippen molar-refractivity contribution in [1.82, 2.24) is 9.97 Å². The first-order chi connectivity index (χ1) is 21.3. The summed E-state index contributed by atoms with van der Waals surface area (Å²) in [6.07, 6.45) is 1.83. The van der Waals surface area contributed by atoms with Crippen molar-refractivity contribution in [2.75, 3.05) is 0 Å². The second kappa shape index (κ2) is 9.37. The molecule has 200 valence electrons. The van der Waals surface area contributed by atoms with Crippen LogP contribution in [0.15, 0.2) is 146 Å². The molecule has 2 aromatic heterocycles. The standard InChI is InChI=1S/C40H24N2O/c1-2-7-25(8-3-1)28-16-18-32-34-13-5-12-33-31(19-21-36(38(33)34)43-37(32)24-28)29-9-4-10-30(23-29)35-20-17-27-15-14-26-11-6-22-41-39(26)40(27)42-35/h1-24H. The molecular formula is C40H24N2O. The minimum atomic E-state index is 0.888. The lowest BCUT2D eigenvalue weighted by Gasteiger charge is -2.23. The average molecular weight is 549 g/mol. The number of nitrogens with zero attached hydrogens (tertiary/aromatic N) is 2. The first kappa shape index (κ1) is 23.9. The molecule has 8 aromatic rings. The molecule has 0 radical (unpaired) electrons. The molecule has 0 spiro atoms. The van der Waals surface area contributed by atoms with Crippen LogP contribution in [0.3, 0.4) is 0 Å². The average Bonchev–Trinajstić information content (AvgIpc) is 3.08. The van der Waals surface area contributed by atoms with Crippen LogP contribution in [0.25, 0.3) is 77.2 Å². The van der Waals surface area contributed by atoms with Crippen molar-refractivity contribution < 1.29 is 4.74 Å². The van der Waals surface area contributed by atoms with Crippen molar-refractivity contribution in [3.63, 3.8) is 0 Å². The zero-order chi connectivity index (χ0) is 28.3. The minimum absolute atomic E-state index is 0.888. The molecule has 0 fully saturated rings. The molecule has 0 atom stereocenters. The van der Waals surface area contributed by atoms with Gasteiger partial charge in [-0.2, -0.15) is 0 Å². The molecular weight excluding hydrogens is 524 g/mol. The lowest BCUT2D eigenvalue weighted by Crippen LogP contribution is -1.98. The Morgan fingerprint density at radius 3 is 2.16 bits per heavy atom. The molecule has 43 heavy (non-hydrogen) atoms. The van der Waals surface area contributed by atoms with Gasteiger partial charge < -0.3 is 4.74 Å². The van der Waals surface area contributed by atoms with Gasteiger partial charge in [-0.1, -0.05) is 103 Å². The molecule has 0 amide bonds. The van der Waals surface area contributed by atoms with E-state index in [1.54, 1.807) is 0 Å². The van der Waals surface area contributed by atoms with Gasteiger partial charge in [0.25, 0.3) is 0 Å². The van der Waals surface area contributed by atoms with E-state index in [1.807, 2.05) is 18.3 Å². The van der Waals surface area contributed by atoms with E-state index in [0.717, 1.165) is 66.6 Å². The second-order valence-corrected chi connectivity index (χ2v) is 11.0. The van der Waals surface area contributed by atoms with Crippen LogP contribution in [0, 0.1) is 0 Å². The molecule has 0 aliphatic carbocycles. The predicted octanol–water partition coefficient (Wildman–Crippen LogP) is 10.7. The van der Waals surface area contributed by atoms with Crippen LogP contribution in [-0.2, 0) is 0 Å². The molecule has 1 aliphatic heterocycles. The van der Waals surface area contributed by atoms with Crippen LogP contribution >= 0.6 is 0 Å². The van der Waals surface area contributed by atoms with Crippen LogP contribution < -0.4 is 4.74 Å². The summed E-state index contributed by atoms with van der Waals surface area (Å²) in [6, 6.07) is 49.0. The van der Waals surface area contributed by atoms with Crippen LogP contribution in [-0.4, -0.2) is 9.97 Å². The Morgan fingerprint density at radius 1 is 0.442 bits per heavy atom. The van der Waals surface area contributed by atoms with Crippen LogP contribution in [0.1, 0.15) is 0 Å². The van der Waals surface area contributed by atoms with Gasteiger partial charge in [0.15, 0.2) is 0 Å². The van der Waals surface area contributed by atoms with Gasteiger partial charge >= 0.3 is 0 Å². The molecule has 9 rings (SSSR count). The zero-order valence-corrected chi connectivity index (χ0v) is 23.2. The molecule has 3 heteroatoms. The Morgan fingerprint density at radius 2 is 1.23 bits per heavy atom. The summed E-state index contributed by atoms with van der Waals surface area (Å²) in [7, 11) is 0. The fourth-order valence-corrected chi connectivity index (χ4v) is 6.42. The molecule has 3 heterocycles. The first-order valence-corrected chi connectivity index (χ1v) is 14.5. The van der Waals surface area contributed by atoms with E-state index in [1.165, 1.54) is 22.1 Å². The third kappa shape index (κ3) is 3.83. The summed E-state index contributed by atoms with van der Waals surface area (Å²) in [5, 5.41) is 4.50. The van der Waals surface area contributed by atoms with E-state index >= 15 is 0 Å². The SMILES string of the molecule is c1ccc(-c2ccc3c(c2)Oc2ccc(-c4cccc(-c5ccc6ccc7cccnc7c6n5)c4)c4cccc-3c24)cc1. The fraction of sp³-hybridized carbons (Fsp3) is 0. The minimum Gasteiger partial charge on any atom is -0.456 e. The van der Waals surface area contributed by atoms with Gasteiger partial charge in [-0.15, -0.1) is 0 Å². The smallest absolute Gasteiger partial charge is 0.135 e. The highest BCUT2D eigenvalue weighted by atomic mass is 16.5. The zero-order valence-electron chi connectivity index (χ0n) is 23.2. The normalized spacial score (nSPS) is 11.9. The Labute approximate surface area is 248 Å². The van der Waals surface area contributed by atoms with E-state index in [-0.39, 0.29) is 0 Å². The fourth-order valence-electron chi connectivity index (χ4n) is 6.42. The van der Waals surface area contributed by atoms with Crippen molar-refractivity contribution in [2.24, 2.45) is 0 Å². The Hall–Kier alpha value is -5.80. The number of fused-ring (bicyclic) bond motifs is 5. The highest BCUT2D eigenvalue weighted by molar-refractivity contribution is 6.10. The summed E-state index contributed by atoms with van der Waals surface area (Å²) in [5.41, 5.74) is 10.8. The number of aromatic nitrogens is 2. The summed E-state index contributed by atoms with van der Waals surface area (Å²) in [4.78, 5) is 9.73. The van der Waals surface area contributed by atoms with Crippen LogP contribution in [0.4, 0.5) is 0 Å². The van der Waals surface area contributed by atoms with Gasteiger partial charge in [0.05, 0.1) is 16.7 Å². The van der Waals surface area contributed by atoms with Crippen LogP contribution in [0.2, 0.25) is 0 Å². The quantitative estimate of drug-likeness (QED) is 0.206. The van der Waals surface area contributed by atoms with Gasteiger partial charge in [0, 0.05) is 33.5 Å². The largest absolute Gasteiger partial charge is 0.456 e. The maximum Gasteiger partial charge on any atom is 0.135 e. The van der Waals surface area contributed by atoms with E-state index in [0.29, 0.717) is 0 Å². The summed E-state index contributed by atoms with van der Waals surface area (Å²) >= 11 is 0. The Bertz CT molecular complexity index is 2380. The van der Waals surface area contributed by atoms with E-state index < -0.39 is 0 Å². The summed E-state index contributed by atoms with van der Waals surface area (Å²) in [6.45, 7) is 0. The van der Waals surface area contributed by atoms with Crippen molar-refractivity contribution in [3.05, 3.63) is 146 Å². The van der Waals surface area contributed by atoms with Gasteiger partial charge in [-0.05, 0) is 69.6 Å². The van der Waals surface area contributed by atoms with Gasteiger partial charge in [0.2, 0.25) is 0 Å². The summed E-state index contributed by atoms with van der Waals surface area (Å²) in [5.74, 6) is 1.78. The van der Waals surface area contributed by atoms with Crippen molar-refractivity contribution in [1.29, 1.82) is 0 Å². The topological polar surface area (TPSA) is 35.0 Å². The highest BCUT2D eigenvalue weighted by Gasteiger charge is 2.22. The van der Waals surface area contributed by atoms with Crippen LogP contribution in [0.5, 0.6) is 11.5 Å². The van der Waals surface area contributed by atoms with Crippen molar-refractivity contribution in [3.8, 4) is 56.1 Å². The maximum atomic E-state index is 6.56.